The first-order valence-corrected chi connectivity index (χ1v) is 6.77. The number of rotatable bonds is 4. The van der Waals surface area contributed by atoms with Crippen LogP contribution in [0.4, 0.5) is 17.5 Å². The maximum Gasteiger partial charge on any atom is 0.229 e. The van der Waals surface area contributed by atoms with Gasteiger partial charge in [0.2, 0.25) is 5.95 Å². The average Bonchev–Trinajstić information content (AvgIpc) is 2.96. The van der Waals surface area contributed by atoms with E-state index in [4.69, 9.17) is 0 Å². The lowest BCUT2D eigenvalue weighted by Gasteiger charge is -2.08. The molecule has 0 spiro atoms. The van der Waals surface area contributed by atoms with Crippen molar-refractivity contribution in [2.75, 3.05) is 17.7 Å². The van der Waals surface area contributed by atoms with E-state index in [0.717, 1.165) is 17.1 Å². The molecule has 3 aromatic rings. The predicted molar refractivity (Wildman–Crippen MR) is 84.8 cm³/mol. The number of aromatic hydroxyl groups is 1. The molecule has 112 valence electrons. The zero-order valence-corrected chi connectivity index (χ0v) is 12.3. The molecule has 2 heterocycles. The Morgan fingerprint density at radius 3 is 2.55 bits per heavy atom. The van der Waals surface area contributed by atoms with Crippen molar-refractivity contribution in [2.24, 2.45) is 0 Å². The molecule has 0 bridgehead atoms. The van der Waals surface area contributed by atoms with E-state index >= 15 is 0 Å². The molecule has 0 unspecified atom stereocenters. The number of aromatic nitrogens is 4. The first-order chi connectivity index (χ1) is 10.7. The smallest absolute Gasteiger partial charge is 0.229 e. The van der Waals surface area contributed by atoms with Crippen molar-refractivity contribution >= 4 is 17.5 Å². The normalized spacial score (nSPS) is 10.5. The lowest BCUT2D eigenvalue weighted by molar-refractivity contribution is 0.472. The molecule has 0 aliphatic carbocycles. The summed E-state index contributed by atoms with van der Waals surface area (Å²) in [5.41, 5.74) is 2.85. The zero-order chi connectivity index (χ0) is 15.5. The first kappa shape index (κ1) is 13.9. The molecule has 0 aliphatic heterocycles. The van der Waals surface area contributed by atoms with Crippen LogP contribution in [0.25, 0.3) is 5.69 Å². The Hall–Kier alpha value is -3.09. The third-order valence-electron chi connectivity index (χ3n) is 3.14. The summed E-state index contributed by atoms with van der Waals surface area (Å²) >= 11 is 0. The topological polar surface area (TPSA) is 87.9 Å². The van der Waals surface area contributed by atoms with E-state index in [1.54, 1.807) is 13.4 Å². The van der Waals surface area contributed by atoms with Crippen LogP contribution in [0.1, 0.15) is 5.69 Å². The second kappa shape index (κ2) is 5.72. The van der Waals surface area contributed by atoms with Crippen LogP contribution in [0.15, 0.2) is 43.0 Å². The highest BCUT2D eigenvalue weighted by Crippen LogP contribution is 2.22. The molecule has 0 atom stereocenters. The standard InChI is InChI=1S/C15H16N6O/c1-10-8-21(9-18-10)12-5-3-11(4-6-12)19-15-17-7-13(22)14(16-2)20-15/h3-9,22H,1-2H3,(H2,16,17,19,20). The quantitative estimate of drug-likeness (QED) is 0.685. The van der Waals surface area contributed by atoms with Gasteiger partial charge in [-0.2, -0.15) is 4.98 Å². The van der Waals surface area contributed by atoms with E-state index in [0.29, 0.717) is 11.8 Å². The Morgan fingerprint density at radius 2 is 1.91 bits per heavy atom. The monoisotopic (exact) mass is 296 g/mol. The number of nitrogens with zero attached hydrogens (tertiary/aromatic N) is 4. The van der Waals surface area contributed by atoms with Gasteiger partial charge < -0.3 is 20.3 Å². The summed E-state index contributed by atoms with van der Waals surface area (Å²) in [6.07, 6.45) is 5.09. The molecular weight excluding hydrogens is 280 g/mol. The van der Waals surface area contributed by atoms with Crippen LogP contribution >= 0.6 is 0 Å². The van der Waals surface area contributed by atoms with Gasteiger partial charge in [-0.1, -0.05) is 0 Å². The first-order valence-electron chi connectivity index (χ1n) is 6.77. The number of nitrogens with one attached hydrogen (secondary N) is 2. The van der Waals surface area contributed by atoms with Crippen LogP contribution in [0, 0.1) is 6.92 Å². The van der Waals surface area contributed by atoms with Gasteiger partial charge in [0.05, 0.1) is 18.2 Å². The van der Waals surface area contributed by atoms with Crippen molar-refractivity contribution < 1.29 is 5.11 Å². The third-order valence-corrected chi connectivity index (χ3v) is 3.14. The molecule has 7 heteroatoms. The molecule has 3 rings (SSSR count). The minimum absolute atomic E-state index is 0.0128. The Kier molecular flexibility index (Phi) is 3.61. The summed E-state index contributed by atoms with van der Waals surface area (Å²) in [5.74, 6) is 0.801. The van der Waals surface area contributed by atoms with Gasteiger partial charge in [-0.05, 0) is 31.2 Å². The number of hydrogen-bond acceptors (Lipinski definition) is 6. The maximum absolute atomic E-state index is 9.54. The van der Waals surface area contributed by atoms with Crippen LogP contribution in [0.5, 0.6) is 5.75 Å². The molecule has 1 aromatic carbocycles. The molecule has 0 radical (unpaired) electrons. The van der Waals surface area contributed by atoms with Gasteiger partial charge in [0.1, 0.15) is 0 Å². The van der Waals surface area contributed by atoms with E-state index in [1.165, 1.54) is 6.20 Å². The van der Waals surface area contributed by atoms with E-state index in [2.05, 4.69) is 25.6 Å². The highest BCUT2D eigenvalue weighted by Gasteiger charge is 2.05. The average molecular weight is 296 g/mol. The molecule has 3 N–H and O–H groups in total. The summed E-state index contributed by atoms with van der Waals surface area (Å²) < 4.78 is 1.95. The van der Waals surface area contributed by atoms with E-state index in [1.807, 2.05) is 42.0 Å². The number of aryl methyl sites for hydroxylation is 1. The SMILES string of the molecule is CNc1nc(Nc2ccc(-n3cnc(C)c3)cc2)ncc1O. The summed E-state index contributed by atoms with van der Waals surface area (Å²) in [7, 11) is 1.69. The lowest BCUT2D eigenvalue weighted by atomic mass is 10.3. The Balaban J connectivity index is 1.79. The van der Waals surface area contributed by atoms with Crippen molar-refractivity contribution in [1.82, 2.24) is 19.5 Å². The van der Waals surface area contributed by atoms with E-state index in [-0.39, 0.29) is 5.75 Å². The minimum atomic E-state index is 0.0128. The molecule has 0 amide bonds. The predicted octanol–water partition coefficient (Wildman–Crippen LogP) is 2.46. The Bertz CT molecular complexity index is 781. The molecule has 0 saturated carbocycles. The van der Waals surface area contributed by atoms with Crippen molar-refractivity contribution in [3.05, 3.63) is 48.7 Å². The number of imidazole rings is 1. The van der Waals surface area contributed by atoms with Crippen LogP contribution < -0.4 is 10.6 Å². The zero-order valence-electron chi connectivity index (χ0n) is 12.3. The van der Waals surface area contributed by atoms with Gasteiger partial charge in [0, 0.05) is 24.6 Å². The van der Waals surface area contributed by atoms with Crippen LogP contribution in [0.2, 0.25) is 0 Å². The molecule has 22 heavy (non-hydrogen) atoms. The molecular formula is C15H16N6O. The molecule has 0 fully saturated rings. The maximum atomic E-state index is 9.54. The van der Waals surface area contributed by atoms with E-state index in [9.17, 15) is 5.11 Å². The number of hydrogen-bond donors (Lipinski definition) is 3. The van der Waals surface area contributed by atoms with Gasteiger partial charge in [-0.25, -0.2) is 9.97 Å². The van der Waals surface area contributed by atoms with E-state index < -0.39 is 0 Å². The molecule has 0 saturated heterocycles. The second-order valence-electron chi connectivity index (χ2n) is 4.77. The summed E-state index contributed by atoms with van der Waals surface area (Å²) in [5, 5.41) is 15.4. The highest BCUT2D eigenvalue weighted by atomic mass is 16.3. The summed E-state index contributed by atoms with van der Waals surface area (Å²) in [6, 6.07) is 7.81. The van der Waals surface area contributed by atoms with Crippen LogP contribution in [0.3, 0.4) is 0 Å². The third kappa shape index (κ3) is 2.83. The summed E-state index contributed by atoms with van der Waals surface area (Å²) in [6.45, 7) is 1.95. The summed E-state index contributed by atoms with van der Waals surface area (Å²) in [4.78, 5) is 12.4. The van der Waals surface area contributed by atoms with Gasteiger partial charge in [0.15, 0.2) is 11.6 Å². The van der Waals surface area contributed by atoms with Crippen molar-refractivity contribution in [2.45, 2.75) is 6.92 Å². The second-order valence-corrected chi connectivity index (χ2v) is 4.77. The number of anilines is 3. The van der Waals surface area contributed by atoms with Gasteiger partial charge in [-0.15, -0.1) is 0 Å². The minimum Gasteiger partial charge on any atom is -0.503 e. The van der Waals surface area contributed by atoms with Crippen molar-refractivity contribution in [3.8, 4) is 11.4 Å². The van der Waals surface area contributed by atoms with Gasteiger partial charge in [-0.3, -0.25) is 0 Å². The molecule has 2 aromatic heterocycles. The van der Waals surface area contributed by atoms with Gasteiger partial charge >= 0.3 is 0 Å². The van der Waals surface area contributed by atoms with Crippen LogP contribution in [-0.4, -0.2) is 31.7 Å². The Labute approximate surface area is 127 Å². The lowest BCUT2D eigenvalue weighted by Crippen LogP contribution is -2.01. The van der Waals surface area contributed by atoms with Crippen LogP contribution in [-0.2, 0) is 0 Å². The molecule has 0 aliphatic rings. The Morgan fingerprint density at radius 1 is 1.14 bits per heavy atom. The fourth-order valence-electron chi connectivity index (χ4n) is 2.03. The van der Waals surface area contributed by atoms with Crippen molar-refractivity contribution in [3.63, 3.8) is 0 Å². The highest BCUT2D eigenvalue weighted by molar-refractivity contribution is 5.58. The van der Waals surface area contributed by atoms with Crippen molar-refractivity contribution in [1.29, 1.82) is 0 Å². The fraction of sp³-hybridized carbons (Fsp3) is 0.133. The van der Waals surface area contributed by atoms with Gasteiger partial charge in [0.25, 0.3) is 0 Å². The number of benzene rings is 1. The largest absolute Gasteiger partial charge is 0.503 e. The molecule has 7 nitrogen and oxygen atoms in total. The fourth-order valence-corrected chi connectivity index (χ4v) is 2.03.